The van der Waals surface area contributed by atoms with Gasteiger partial charge in [-0.3, -0.25) is 0 Å². The molecule has 0 amide bonds. The number of amidine groups is 2. The summed E-state index contributed by atoms with van der Waals surface area (Å²) in [7, 11) is 0. The molecule has 2 aromatic rings. The molecule has 4 rings (SSSR count). The SMILES string of the molecule is N[N+]12C=C(C#CC(O)(c3ccccc3)C(F)(F)F)N=CC1=NC(c1ccco1)=N2. The molecule has 3 N–H and O–H groups in total. The minimum Gasteiger partial charge on any atom is -0.461 e. The first-order valence-corrected chi connectivity index (χ1v) is 8.27. The number of benzene rings is 1. The molecule has 146 valence electrons. The fourth-order valence-corrected chi connectivity index (χ4v) is 2.70. The number of hydrogen-bond acceptors (Lipinski definition) is 6. The van der Waals surface area contributed by atoms with Crippen LogP contribution in [0.2, 0.25) is 0 Å². The second kappa shape index (κ2) is 6.52. The van der Waals surface area contributed by atoms with E-state index in [1.165, 1.54) is 36.9 Å². The molecule has 7 nitrogen and oxygen atoms in total. The van der Waals surface area contributed by atoms with Crippen LogP contribution in [-0.2, 0) is 5.60 Å². The highest BCUT2D eigenvalue weighted by Gasteiger charge is 2.54. The maximum atomic E-state index is 13.6. The topological polar surface area (TPSA) is 96.5 Å². The Morgan fingerprint density at radius 3 is 2.52 bits per heavy atom. The maximum Gasteiger partial charge on any atom is 0.433 e. The fourth-order valence-electron chi connectivity index (χ4n) is 2.70. The van der Waals surface area contributed by atoms with Gasteiger partial charge in [0, 0.05) is 5.56 Å². The first-order chi connectivity index (χ1) is 13.7. The standard InChI is InChI=1S/C19H13F3N5O2/c20-19(21,22)18(28,13-5-2-1-3-6-13)9-8-14-12-27(23)16(11-24-14)25-17(26-27)15-7-4-10-29-15/h1-7,10-12,28H,23H2/q+1. The van der Waals surface area contributed by atoms with Crippen molar-refractivity contribution in [2.75, 3.05) is 0 Å². The molecule has 0 saturated heterocycles. The van der Waals surface area contributed by atoms with Gasteiger partial charge in [-0.1, -0.05) is 30.3 Å². The third kappa shape index (κ3) is 3.27. The highest BCUT2D eigenvalue weighted by atomic mass is 19.4. The van der Waals surface area contributed by atoms with Crippen molar-refractivity contribution in [3.8, 4) is 11.8 Å². The van der Waals surface area contributed by atoms with Crippen LogP contribution < -0.4 is 5.84 Å². The quantitative estimate of drug-likeness (QED) is 0.460. The molecule has 2 atom stereocenters. The Labute approximate surface area is 162 Å². The van der Waals surface area contributed by atoms with Crippen LogP contribution in [0.4, 0.5) is 13.2 Å². The van der Waals surface area contributed by atoms with Gasteiger partial charge in [0.05, 0.1) is 6.26 Å². The summed E-state index contributed by atoms with van der Waals surface area (Å²) >= 11 is 0. The van der Waals surface area contributed by atoms with E-state index in [1.807, 2.05) is 5.92 Å². The summed E-state index contributed by atoms with van der Waals surface area (Å²) in [5.41, 5.74) is -3.88. The second-order valence-electron chi connectivity index (χ2n) is 6.21. The molecule has 1 aromatic carbocycles. The molecular formula is C19H13F3N5O2+. The van der Waals surface area contributed by atoms with Crippen LogP contribution in [0.1, 0.15) is 11.3 Å². The average molecular weight is 400 g/mol. The number of aliphatic hydroxyl groups is 1. The predicted molar refractivity (Wildman–Crippen MR) is 97.9 cm³/mol. The molecule has 1 aromatic heterocycles. The molecule has 0 bridgehead atoms. The van der Waals surface area contributed by atoms with Crippen molar-refractivity contribution in [3.05, 3.63) is 71.9 Å². The van der Waals surface area contributed by atoms with E-state index in [1.54, 1.807) is 12.1 Å². The molecule has 2 aliphatic heterocycles. The minimum absolute atomic E-state index is 0.102. The lowest BCUT2D eigenvalue weighted by atomic mass is 9.93. The number of allylic oxidation sites excluding steroid dienone is 1. The molecule has 0 spiro atoms. The van der Waals surface area contributed by atoms with E-state index in [0.29, 0.717) is 5.76 Å². The lowest BCUT2D eigenvalue weighted by Crippen LogP contribution is -2.50. The van der Waals surface area contributed by atoms with Crippen LogP contribution >= 0.6 is 0 Å². The Hall–Kier alpha value is -3.52. The Bertz CT molecular complexity index is 1120. The number of quaternary nitrogens is 1. The molecular weight excluding hydrogens is 387 g/mol. The van der Waals surface area contributed by atoms with E-state index in [9.17, 15) is 18.3 Å². The van der Waals surface area contributed by atoms with Crippen LogP contribution in [0, 0.1) is 11.8 Å². The number of alkyl halides is 3. The second-order valence-corrected chi connectivity index (χ2v) is 6.21. The number of fused-ring (bicyclic) bond motifs is 1. The number of nitrogens with two attached hydrogens (primary N) is 1. The average Bonchev–Trinajstić information content (AvgIpc) is 3.32. The molecule has 2 aliphatic rings. The minimum atomic E-state index is -5.03. The van der Waals surface area contributed by atoms with E-state index in [4.69, 9.17) is 10.3 Å². The molecule has 0 fully saturated rings. The third-order valence-electron chi connectivity index (χ3n) is 4.20. The Balaban J connectivity index is 1.71. The number of aliphatic imine (C=N–C) groups is 2. The number of furan rings is 1. The summed E-state index contributed by atoms with van der Waals surface area (Å²) in [6, 6.07) is 9.86. The smallest absolute Gasteiger partial charge is 0.433 e. The van der Waals surface area contributed by atoms with Crippen LogP contribution in [-0.4, -0.2) is 33.9 Å². The monoisotopic (exact) mass is 400 g/mol. The Morgan fingerprint density at radius 1 is 1.10 bits per heavy atom. The largest absolute Gasteiger partial charge is 0.461 e. The Morgan fingerprint density at radius 2 is 1.86 bits per heavy atom. The van der Waals surface area contributed by atoms with Crippen molar-refractivity contribution in [1.82, 2.24) is 0 Å². The van der Waals surface area contributed by atoms with Crippen molar-refractivity contribution in [1.29, 1.82) is 0 Å². The van der Waals surface area contributed by atoms with Crippen LogP contribution in [0.5, 0.6) is 0 Å². The third-order valence-corrected chi connectivity index (χ3v) is 4.20. The molecule has 3 heterocycles. The summed E-state index contributed by atoms with van der Waals surface area (Å²) < 4.78 is 45.2. The highest BCUT2D eigenvalue weighted by molar-refractivity contribution is 6.31. The van der Waals surface area contributed by atoms with Crippen molar-refractivity contribution in [2.24, 2.45) is 20.9 Å². The summed E-state index contributed by atoms with van der Waals surface area (Å²) in [5.74, 6) is 11.1. The predicted octanol–water partition coefficient (Wildman–Crippen LogP) is 2.42. The molecule has 0 aliphatic carbocycles. The summed E-state index contributed by atoms with van der Waals surface area (Å²) in [4.78, 5) is 8.17. The van der Waals surface area contributed by atoms with E-state index >= 15 is 0 Å². The van der Waals surface area contributed by atoms with E-state index in [0.717, 1.165) is 12.1 Å². The van der Waals surface area contributed by atoms with Crippen molar-refractivity contribution >= 4 is 17.9 Å². The zero-order chi connectivity index (χ0) is 20.7. The zero-order valence-electron chi connectivity index (χ0n) is 14.6. The van der Waals surface area contributed by atoms with Gasteiger partial charge in [0.15, 0.2) is 17.7 Å². The summed E-state index contributed by atoms with van der Waals surface area (Å²) in [5, 5.41) is 14.5. The first kappa shape index (κ1) is 18.8. The molecule has 0 saturated carbocycles. The van der Waals surface area contributed by atoms with Crippen LogP contribution in [0.15, 0.2) is 80.1 Å². The fraction of sp³-hybridized carbons (Fsp3) is 0.105. The van der Waals surface area contributed by atoms with Gasteiger partial charge in [0.25, 0.3) is 11.7 Å². The van der Waals surface area contributed by atoms with E-state index in [2.05, 4.69) is 21.0 Å². The molecule has 29 heavy (non-hydrogen) atoms. The van der Waals surface area contributed by atoms with Crippen LogP contribution in [0.25, 0.3) is 0 Å². The number of rotatable bonds is 2. The van der Waals surface area contributed by atoms with Crippen molar-refractivity contribution in [3.63, 3.8) is 0 Å². The highest BCUT2D eigenvalue weighted by Crippen LogP contribution is 2.38. The van der Waals surface area contributed by atoms with E-state index in [-0.39, 0.29) is 17.4 Å². The van der Waals surface area contributed by atoms with Crippen molar-refractivity contribution < 1.29 is 27.4 Å². The van der Waals surface area contributed by atoms with Gasteiger partial charge in [-0.15, -0.1) is 5.84 Å². The summed E-state index contributed by atoms with van der Waals surface area (Å²) in [6.45, 7) is 0. The summed E-state index contributed by atoms with van der Waals surface area (Å²) in [6.07, 6.45) is -1.11. The van der Waals surface area contributed by atoms with Gasteiger partial charge in [-0.05, 0) is 33.8 Å². The number of hydrogen-bond donors (Lipinski definition) is 2. The zero-order valence-corrected chi connectivity index (χ0v) is 14.6. The van der Waals surface area contributed by atoms with Crippen LogP contribution in [0.3, 0.4) is 0 Å². The van der Waals surface area contributed by atoms with E-state index < -0.39 is 22.0 Å². The number of nitrogens with zero attached hydrogens (tertiary/aromatic N) is 4. The van der Waals surface area contributed by atoms with Gasteiger partial charge >= 0.3 is 6.18 Å². The normalized spacial score (nSPS) is 22.6. The van der Waals surface area contributed by atoms with Gasteiger partial charge in [0.2, 0.25) is 5.60 Å². The van der Waals surface area contributed by atoms with Crippen molar-refractivity contribution in [2.45, 2.75) is 11.8 Å². The molecule has 10 heteroatoms. The van der Waals surface area contributed by atoms with Gasteiger partial charge in [-0.25, -0.2) is 4.99 Å². The first-order valence-electron chi connectivity index (χ1n) is 8.27. The number of halogens is 3. The Kier molecular flexibility index (Phi) is 4.24. The van der Waals surface area contributed by atoms with Gasteiger partial charge in [-0.2, -0.15) is 18.2 Å². The lowest BCUT2D eigenvalue weighted by molar-refractivity contribution is -0.803. The lowest BCUT2D eigenvalue weighted by Gasteiger charge is -2.25. The molecule has 2 unspecified atom stereocenters. The van der Waals surface area contributed by atoms with Gasteiger partial charge < -0.3 is 9.52 Å². The molecule has 0 radical (unpaired) electrons. The van der Waals surface area contributed by atoms with Gasteiger partial charge in [0.1, 0.15) is 6.21 Å². The maximum absolute atomic E-state index is 13.6.